The van der Waals surface area contributed by atoms with Gasteiger partial charge >= 0.3 is 5.97 Å². The molecule has 0 radical (unpaired) electrons. The molecule has 6 nitrogen and oxygen atoms in total. The smallest absolute Gasteiger partial charge is 0.341 e. The Morgan fingerprint density at radius 2 is 1.96 bits per heavy atom. The van der Waals surface area contributed by atoms with Crippen LogP contribution in [0, 0.1) is 0 Å². The van der Waals surface area contributed by atoms with Crippen LogP contribution in [0.1, 0.15) is 29.3 Å². The van der Waals surface area contributed by atoms with E-state index in [4.69, 9.17) is 9.15 Å². The number of hydrogen-bond acceptors (Lipinski definition) is 8. The molecular formula is C20H15N3O3S2. The van der Waals surface area contributed by atoms with Gasteiger partial charge in [0.05, 0.1) is 10.4 Å². The van der Waals surface area contributed by atoms with E-state index in [-0.39, 0.29) is 5.89 Å². The van der Waals surface area contributed by atoms with Crippen molar-refractivity contribution in [3.8, 4) is 10.8 Å². The lowest BCUT2D eigenvalue weighted by Gasteiger charge is -2.11. The second-order valence-electron chi connectivity index (χ2n) is 5.74. The topological polar surface area (TPSA) is 78.1 Å². The minimum Gasteiger partial charge on any atom is -0.449 e. The number of hydrogen-bond donors (Lipinski definition) is 0. The van der Waals surface area contributed by atoms with E-state index < -0.39 is 12.1 Å². The number of ether oxygens (including phenoxy) is 1. The number of rotatable bonds is 6. The van der Waals surface area contributed by atoms with Gasteiger partial charge in [-0.1, -0.05) is 36.0 Å². The van der Waals surface area contributed by atoms with E-state index in [9.17, 15) is 4.79 Å². The fourth-order valence-corrected chi connectivity index (χ4v) is 3.94. The average Bonchev–Trinajstić information content (AvgIpc) is 3.41. The van der Waals surface area contributed by atoms with Crippen molar-refractivity contribution in [2.75, 3.05) is 0 Å². The first-order valence-corrected chi connectivity index (χ1v) is 10.2. The van der Waals surface area contributed by atoms with Gasteiger partial charge in [0.2, 0.25) is 0 Å². The summed E-state index contributed by atoms with van der Waals surface area (Å²) in [5.74, 6) is 0.169. The molecular weight excluding hydrogens is 394 g/mol. The van der Waals surface area contributed by atoms with Crippen molar-refractivity contribution < 1.29 is 13.9 Å². The summed E-state index contributed by atoms with van der Waals surface area (Å²) in [6.07, 6.45) is 0.972. The lowest BCUT2D eigenvalue weighted by molar-refractivity contribution is 0.0275. The van der Waals surface area contributed by atoms with Gasteiger partial charge < -0.3 is 9.15 Å². The zero-order chi connectivity index (χ0) is 19.3. The number of nitrogens with zero attached hydrogens (tertiary/aromatic N) is 3. The number of carbonyl (C=O) groups is 1. The SMILES string of the molecule is CC(OC(=O)c1cccnc1Sc1ccccc1)c1nnc(-c2cccs2)o1. The molecule has 8 heteroatoms. The summed E-state index contributed by atoms with van der Waals surface area (Å²) in [6, 6.07) is 16.9. The van der Waals surface area contributed by atoms with Crippen LogP contribution in [0.3, 0.4) is 0 Å². The highest BCUT2D eigenvalue weighted by atomic mass is 32.2. The molecule has 1 unspecified atom stereocenters. The minimum atomic E-state index is -0.677. The number of aromatic nitrogens is 3. The van der Waals surface area contributed by atoms with Gasteiger partial charge in [0.15, 0.2) is 6.10 Å². The van der Waals surface area contributed by atoms with Crippen LogP contribution in [0.15, 0.2) is 80.5 Å². The van der Waals surface area contributed by atoms with E-state index in [2.05, 4.69) is 15.2 Å². The molecule has 3 aromatic heterocycles. The van der Waals surface area contributed by atoms with E-state index in [1.165, 1.54) is 23.1 Å². The van der Waals surface area contributed by atoms with Gasteiger partial charge in [-0.05, 0) is 42.6 Å². The first kappa shape index (κ1) is 18.4. The number of benzene rings is 1. The molecule has 0 aliphatic rings. The Morgan fingerprint density at radius 3 is 2.75 bits per heavy atom. The molecule has 0 saturated carbocycles. The van der Waals surface area contributed by atoms with Gasteiger partial charge in [0.25, 0.3) is 11.8 Å². The molecule has 0 bridgehead atoms. The van der Waals surface area contributed by atoms with Gasteiger partial charge in [-0.15, -0.1) is 21.5 Å². The van der Waals surface area contributed by atoms with Crippen LogP contribution in [0.5, 0.6) is 0 Å². The zero-order valence-corrected chi connectivity index (χ0v) is 16.4. The molecule has 3 heterocycles. The summed E-state index contributed by atoms with van der Waals surface area (Å²) in [6.45, 7) is 1.70. The number of thiophene rings is 1. The Labute approximate surface area is 169 Å². The van der Waals surface area contributed by atoms with Gasteiger partial charge in [0.1, 0.15) is 5.03 Å². The molecule has 1 aromatic carbocycles. The number of esters is 1. The standard InChI is InChI=1S/C20H15N3O3S2/c1-13(17-22-23-18(26-17)16-10-6-12-27-16)25-20(24)15-9-5-11-21-19(15)28-14-7-3-2-4-8-14/h2-13H,1H3. The third-order valence-electron chi connectivity index (χ3n) is 3.75. The van der Waals surface area contributed by atoms with Crippen LogP contribution in [0.2, 0.25) is 0 Å². The van der Waals surface area contributed by atoms with Gasteiger partial charge in [-0.25, -0.2) is 9.78 Å². The first-order valence-electron chi connectivity index (χ1n) is 8.47. The molecule has 28 heavy (non-hydrogen) atoms. The maximum Gasteiger partial charge on any atom is 0.341 e. The molecule has 0 fully saturated rings. The van der Waals surface area contributed by atoms with Gasteiger partial charge in [-0.2, -0.15) is 0 Å². The summed E-state index contributed by atoms with van der Waals surface area (Å²) >= 11 is 2.91. The van der Waals surface area contributed by atoms with Crippen LogP contribution in [-0.4, -0.2) is 21.2 Å². The van der Waals surface area contributed by atoms with Gasteiger partial charge in [-0.3, -0.25) is 0 Å². The molecule has 0 saturated heterocycles. The molecule has 0 N–H and O–H groups in total. The highest BCUT2D eigenvalue weighted by molar-refractivity contribution is 7.99. The van der Waals surface area contributed by atoms with Crippen LogP contribution in [0.4, 0.5) is 0 Å². The van der Waals surface area contributed by atoms with Crippen LogP contribution < -0.4 is 0 Å². The van der Waals surface area contributed by atoms with Gasteiger partial charge in [0, 0.05) is 11.1 Å². The predicted molar refractivity (Wildman–Crippen MR) is 106 cm³/mol. The maximum atomic E-state index is 12.7. The lowest BCUT2D eigenvalue weighted by Crippen LogP contribution is -2.11. The number of carbonyl (C=O) groups excluding carboxylic acids is 1. The van der Waals surface area contributed by atoms with Crippen LogP contribution in [-0.2, 0) is 4.74 Å². The molecule has 0 amide bonds. The second kappa shape index (κ2) is 8.37. The molecule has 0 spiro atoms. The van der Waals surface area contributed by atoms with Crippen molar-refractivity contribution in [2.24, 2.45) is 0 Å². The fraction of sp³-hybridized carbons (Fsp3) is 0.100. The number of pyridine rings is 1. The van der Waals surface area contributed by atoms with Crippen molar-refractivity contribution in [3.63, 3.8) is 0 Å². The zero-order valence-electron chi connectivity index (χ0n) is 14.8. The third-order valence-corrected chi connectivity index (χ3v) is 5.64. The van der Waals surface area contributed by atoms with Crippen molar-refractivity contribution in [1.29, 1.82) is 0 Å². The molecule has 0 aliphatic carbocycles. The highest BCUT2D eigenvalue weighted by Crippen LogP contribution is 2.30. The Morgan fingerprint density at radius 1 is 1.11 bits per heavy atom. The average molecular weight is 409 g/mol. The summed E-state index contributed by atoms with van der Waals surface area (Å²) in [5, 5.41) is 10.5. The summed E-state index contributed by atoms with van der Waals surface area (Å²) in [5.41, 5.74) is 0.390. The Kier molecular flexibility index (Phi) is 5.50. The van der Waals surface area contributed by atoms with Crippen molar-refractivity contribution in [1.82, 2.24) is 15.2 Å². The van der Waals surface area contributed by atoms with Crippen molar-refractivity contribution in [2.45, 2.75) is 22.9 Å². The predicted octanol–water partition coefficient (Wildman–Crippen LogP) is 5.26. The van der Waals surface area contributed by atoms with Crippen molar-refractivity contribution in [3.05, 3.63) is 77.6 Å². The maximum absolute atomic E-state index is 12.7. The summed E-state index contributed by atoms with van der Waals surface area (Å²) < 4.78 is 11.2. The molecule has 4 rings (SSSR count). The van der Waals surface area contributed by atoms with Crippen LogP contribution >= 0.6 is 23.1 Å². The summed E-state index contributed by atoms with van der Waals surface area (Å²) in [7, 11) is 0. The van der Waals surface area contributed by atoms with Crippen LogP contribution in [0.25, 0.3) is 10.8 Å². The molecule has 0 aliphatic heterocycles. The van der Waals surface area contributed by atoms with Crippen molar-refractivity contribution >= 4 is 29.1 Å². The lowest BCUT2D eigenvalue weighted by atomic mass is 10.3. The van der Waals surface area contributed by atoms with E-state index in [0.29, 0.717) is 16.5 Å². The highest BCUT2D eigenvalue weighted by Gasteiger charge is 2.22. The van der Waals surface area contributed by atoms with E-state index in [1.807, 2.05) is 47.8 Å². The quantitative estimate of drug-likeness (QED) is 0.402. The minimum absolute atomic E-state index is 0.248. The van der Waals surface area contributed by atoms with E-state index in [0.717, 1.165) is 9.77 Å². The first-order chi connectivity index (χ1) is 13.7. The fourth-order valence-electron chi connectivity index (χ4n) is 2.40. The molecule has 4 aromatic rings. The summed E-state index contributed by atoms with van der Waals surface area (Å²) in [4.78, 5) is 18.9. The van der Waals surface area contributed by atoms with E-state index in [1.54, 1.807) is 25.3 Å². The third kappa shape index (κ3) is 4.13. The second-order valence-corrected chi connectivity index (χ2v) is 7.75. The largest absolute Gasteiger partial charge is 0.449 e. The molecule has 140 valence electrons. The normalized spacial score (nSPS) is 11.9. The Balaban J connectivity index is 1.49. The Bertz CT molecular complexity index is 1070. The monoisotopic (exact) mass is 409 g/mol. The van der Waals surface area contributed by atoms with E-state index >= 15 is 0 Å². The molecule has 1 atom stereocenters. The Hall–Kier alpha value is -2.97.